The number of carbonyl (C=O) groups is 1. The first-order valence-corrected chi connectivity index (χ1v) is 6.36. The number of carbonyl (C=O) groups excluding carboxylic acids is 1. The SMILES string of the molecule is Cc1cc(F)c(CC(Br)C(=O)C(C)C)cc1F. The summed E-state index contributed by atoms with van der Waals surface area (Å²) in [5, 5.41) is 0. The minimum absolute atomic E-state index is 0.00890. The van der Waals surface area contributed by atoms with Crippen LogP contribution in [0.1, 0.15) is 25.0 Å². The zero-order chi connectivity index (χ0) is 13.2. The first-order chi connectivity index (χ1) is 7.82. The maximum Gasteiger partial charge on any atom is 0.149 e. The second-order valence-electron chi connectivity index (χ2n) is 4.42. The van der Waals surface area contributed by atoms with Gasteiger partial charge >= 0.3 is 0 Å². The van der Waals surface area contributed by atoms with Crippen LogP contribution in [0.25, 0.3) is 0 Å². The highest BCUT2D eigenvalue weighted by Crippen LogP contribution is 2.20. The Morgan fingerprint density at radius 1 is 1.29 bits per heavy atom. The lowest BCUT2D eigenvalue weighted by Crippen LogP contribution is -2.22. The van der Waals surface area contributed by atoms with Gasteiger partial charge in [-0.2, -0.15) is 0 Å². The molecule has 0 aromatic heterocycles. The van der Waals surface area contributed by atoms with Gasteiger partial charge in [-0.05, 0) is 36.6 Å². The van der Waals surface area contributed by atoms with E-state index in [9.17, 15) is 13.6 Å². The van der Waals surface area contributed by atoms with Crippen molar-refractivity contribution in [1.82, 2.24) is 0 Å². The van der Waals surface area contributed by atoms with Gasteiger partial charge in [0.2, 0.25) is 0 Å². The molecule has 0 aliphatic rings. The molecule has 1 rings (SSSR count). The second-order valence-corrected chi connectivity index (χ2v) is 5.53. The Morgan fingerprint density at radius 2 is 1.88 bits per heavy atom. The molecule has 1 aromatic rings. The summed E-state index contributed by atoms with van der Waals surface area (Å²) in [4.78, 5) is 11.2. The van der Waals surface area contributed by atoms with Crippen molar-refractivity contribution in [3.8, 4) is 0 Å². The highest BCUT2D eigenvalue weighted by atomic mass is 79.9. The molecule has 0 saturated carbocycles. The molecule has 0 heterocycles. The summed E-state index contributed by atoms with van der Waals surface area (Å²) in [7, 11) is 0. The lowest BCUT2D eigenvalue weighted by Gasteiger charge is -2.12. The van der Waals surface area contributed by atoms with Crippen molar-refractivity contribution in [2.45, 2.75) is 32.0 Å². The number of halogens is 3. The van der Waals surface area contributed by atoms with Crippen molar-refractivity contribution in [2.75, 3.05) is 0 Å². The fourth-order valence-corrected chi connectivity index (χ4v) is 2.38. The molecule has 17 heavy (non-hydrogen) atoms. The van der Waals surface area contributed by atoms with E-state index in [2.05, 4.69) is 15.9 Å². The van der Waals surface area contributed by atoms with Crippen molar-refractivity contribution in [1.29, 1.82) is 0 Å². The van der Waals surface area contributed by atoms with Crippen LogP contribution in [-0.4, -0.2) is 10.6 Å². The number of Topliss-reactive ketones (excluding diaryl/α,β-unsaturated/α-hetero) is 1. The van der Waals surface area contributed by atoms with Crippen LogP contribution >= 0.6 is 15.9 Å². The molecule has 0 bridgehead atoms. The van der Waals surface area contributed by atoms with Gasteiger partial charge < -0.3 is 0 Å². The highest BCUT2D eigenvalue weighted by Gasteiger charge is 2.20. The minimum atomic E-state index is -0.473. The van der Waals surface area contributed by atoms with E-state index < -0.39 is 16.5 Å². The predicted molar refractivity (Wildman–Crippen MR) is 67.4 cm³/mol. The summed E-state index contributed by atoms with van der Waals surface area (Å²) in [6.45, 7) is 5.07. The third-order valence-corrected chi connectivity index (χ3v) is 3.38. The number of hydrogen-bond acceptors (Lipinski definition) is 1. The first-order valence-electron chi connectivity index (χ1n) is 5.45. The van der Waals surface area contributed by atoms with E-state index in [0.29, 0.717) is 0 Å². The summed E-state index contributed by atoms with van der Waals surface area (Å²) in [6.07, 6.45) is 0.167. The topological polar surface area (TPSA) is 17.1 Å². The number of ketones is 1. The van der Waals surface area contributed by atoms with Crippen molar-refractivity contribution in [2.24, 2.45) is 5.92 Å². The quantitative estimate of drug-likeness (QED) is 0.773. The molecule has 1 unspecified atom stereocenters. The van der Waals surface area contributed by atoms with E-state index in [0.717, 1.165) is 12.1 Å². The van der Waals surface area contributed by atoms with Crippen LogP contribution in [-0.2, 0) is 11.2 Å². The van der Waals surface area contributed by atoms with Gasteiger partial charge in [-0.25, -0.2) is 8.78 Å². The first kappa shape index (κ1) is 14.3. The fraction of sp³-hybridized carbons (Fsp3) is 0.462. The van der Waals surface area contributed by atoms with Crippen LogP contribution in [0.5, 0.6) is 0 Å². The van der Waals surface area contributed by atoms with Crippen molar-refractivity contribution in [3.63, 3.8) is 0 Å². The van der Waals surface area contributed by atoms with E-state index >= 15 is 0 Å². The summed E-state index contributed by atoms with van der Waals surface area (Å²) < 4.78 is 26.9. The lowest BCUT2D eigenvalue weighted by molar-refractivity contribution is -0.121. The summed E-state index contributed by atoms with van der Waals surface area (Å²) in [5.74, 6) is -1.05. The maximum absolute atomic E-state index is 13.6. The van der Waals surface area contributed by atoms with Crippen LogP contribution in [0.4, 0.5) is 8.78 Å². The number of alkyl halides is 1. The van der Waals surface area contributed by atoms with Gasteiger partial charge in [-0.3, -0.25) is 4.79 Å². The van der Waals surface area contributed by atoms with Crippen molar-refractivity contribution < 1.29 is 13.6 Å². The van der Waals surface area contributed by atoms with E-state index in [1.54, 1.807) is 13.8 Å². The van der Waals surface area contributed by atoms with E-state index in [1.807, 2.05) is 0 Å². The third kappa shape index (κ3) is 3.60. The molecule has 0 spiro atoms. The molecule has 1 atom stereocenters. The molecule has 1 nitrogen and oxygen atoms in total. The Hall–Kier alpha value is -0.770. The maximum atomic E-state index is 13.6. The normalized spacial score (nSPS) is 12.9. The molecule has 0 N–H and O–H groups in total. The summed E-state index contributed by atoms with van der Waals surface area (Å²) >= 11 is 3.22. The second kappa shape index (κ2) is 5.71. The van der Waals surface area contributed by atoms with Crippen LogP contribution in [0.3, 0.4) is 0 Å². The van der Waals surface area contributed by atoms with Gasteiger partial charge in [0, 0.05) is 5.92 Å². The van der Waals surface area contributed by atoms with Gasteiger partial charge in [0.15, 0.2) is 0 Å². The molecule has 0 fully saturated rings. The monoisotopic (exact) mass is 304 g/mol. The Kier molecular flexibility index (Phi) is 4.80. The van der Waals surface area contributed by atoms with Gasteiger partial charge in [0.05, 0.1) is 4.83 Å². The Bertz CT molecular complexity index is 430. The highest BCUT2D eigenvalue weighted by molar-refractivity contribution is 9.10. The molecular formula is C13H15BrF2O. The molecule has 0 amide bonds. The number of rotatable bonds is 4. The zero-order valence-electron chi connectivity index (χ0n) is 10.1. The summed E-state index contributed by atoms with van der Waals surface area (Å²) in [5.41, 5.74) is 0.497. The summed E-state index contributed by atoms with van der Waals surface area (Å²) in [6, 6.07) is 2.32. The molecule has 94 valence electrons. The number of hydrogen-bond donors (Lipinski definition) is 0. The molecule has 4 heteroatoms. The van der Waals surface area contributed by atoms with E-state index in [-0.39, 0.29) is 29.2 Å². The van der Waals surface area contributed by atoms with Crippen LogP contribution in [0.15, 0.2) is 12.1 Å². The average Bonchev–Trinajstić information content (AvgIpc) is 2.24. The zero-order valence-corrected chi connectivity index (χ0v) is 11.6. The van der Waals surface area contributed by atoms with Crippen LogP contribution in [0.2, 0.25) is 0 Å². The van der Waals surface area contributed by atoms with Crippen LogP contribution < -0.4 is 0 Å². The van der Waals surface area contributed by atoms with Gasteiger partial charge in [-0.1, -0.05) is 29.8 Å². The van der Waals surface area contributed by atoms with Crippen molar-refractivity contribution in [3.05, 3.63) is 34.9 Å². The fourth-order valence-electron chi connectivity index (χ4n) is 1.50. The molecular weight excluding hydrogens is 290 g/mol. The predicted octanol–water partition coefficient (Wildman–Crippen LogP) is 3.80. The number of benzene rings is 1. The molecule has 1 aromatic carbocycles. The smallest absolute Gasteiger partial charge is 0.149 e. The average molecular weight is 305 g/mol. The number of aryl methyl sites for hydroxylation is 1. The molecule has 0 saturated heterocycles. The largest absolute Gasteiger partial charge is 0.298 e. The molecule has 0 aliphatic heterocycles. The van der Waals surface area contributed by atoms with Gasteiger partial charge in [0.1, 0.15) is 17.4 Å². The standard InChI is InChI=1S/C13H15BrF2O/c1-7(2)13(17)10(14)5-9-6-11(15)8(3)4-12(9)16/h4,6-7,10H,5H2,1-3H3. The van der Waals surface area contributed by atoms with E-state index in [4.69, 9.17) is 0 Å². The minimum Gasteiger partial charge on any atom is -0.298 e. The lowest BCUT2D eigenvalue weighted by atomic mass is 10.00. The molecule has 0 radical (unpaired) electrons. The Morgan fingerprint density at radius 3 is 2.41 bits per heavy atom. The third-order valence-electron chi connectivity index (χ3n) is 2.60. The van der Waals surface area contributed by atoms with Crippen molar-refractivity contribution >= 4 is 21.7 Å². The van der Waals surface area contributed by atoms with E-state index in [1.165, 1.54) is 6.92 Å². The Balaban J connectivity index is 2.89. The van der Waals surface area contributed by atoms with Crippen LogP contribution in [0, 0.1) is 24.5 Å². The molecule has 0 aliphatic carbocycles. The Labute approximate surface area is 108 Å². The van der Waals surface area contributed by atoms with Gasteiger partial charge in [0.25, 0.3) is 0 Å². The van der Waals surface area contributed by atoms with Gasteiger partial charge in [-0.15, -0.1) is 0 Å².